The molecule has 0 saturated carbocycles. The van der Waals surface area contributed by atoms with Crippen molar-refractivity contribution >= 4 is 26.8 Å². The Morgan fingerprint density at radius 2 is 1.93 bits per heavy atom. The Hall–Kier alpha value is -2.19. The van der Waals surface area contributed by atoms with Gasteiger partial charge in [0.05, 0.1) is 4.90 Å². The van der Waals surface area contributed by atoms with Crippen LogP contribution in [0.25, 0.3) is 10.9 Å². The van der Waals surface area contributed by atoms with Gasteiger partial charge in [-0.1, -0.05) is 13.3 Å². The fraction of sp³-hybridized carbons (Fsp3) is 0.500. The van der Waals surface area contributed by atoms with Crippen LogP contribution in [0.5, 0.6) is 0 Å². The first kappa shape index (κ1) is 20.5. The molecule has 3 rings (SSSR count). The molecule has 0 spiro atoms. The van der Waals surface area contributed by atoms with Gasteiger partial charge in [-0.05, 0) is 48.9 Å². The molecular weight excluding hydrogens is 378 g/mol. The summed E-state index contributed by atoms with van der Waals surface area (Å²) in [5.41, 5.74) is 0.395. The van der Waals surface area contributed by atoms with Gasteiger partial charge < -0.3 is 9.88 Å². The predicted molar refractivity (Wildman–Crippen MR) is 109 cm³/mol. The minimum absolute atomic E-state index is 0.0323. The standard InChI is InChI=1S/C20H27N3O4S/c1-3-4-11-23(17-9-12-22(13-10-17)15(2)24)28(26,27)18-6-7-19-16(14-18)5-8-20(25)21-19/h5-8,14,17H,3-4,9-13H2,1-2H3,(H,21,25). The number of benzene rings is 1. The molecule has 1 aromatic carbocycles. The number of carbonyl (C=O) groups is 1. The van der Waals surface area contributed by atoms with Crippen LogP contribution in [0.3, 0.4) is 0 Å². The highest BCUT2D eigenvalue weighted by atomic mass is 32.2. The summed E-state index contributed by atoms with van der Waals surface area (Å²) in [6.07, 6.45) is 2.97. The van der Waals surface area contributed by atoms with Gasteiger partial charge in [0.1, 0.15) is 0 Å². The smallest absolute Gasteiger partial charge is 0.248 e. The number of amides is 1. The zero-order valence-corrected chi connectivity index (χ0v) is 17.2. The van der Waals surface area contributed by atoms with Gasteiger partial charge in [0, 0.05) is 44.2 Å². The Morgan fingerprint density at radius 3 is 2.57 bits per heavy atom. The van der Waals surface area contributed by atoms with Crippen molar-refractivity contribution in [1.82, 2.24) is 14.2 Å². The number of likely N-dealkylation sites (tertiary alicyclic amines) is 1. The summed E-state index contributed by atoms with van der Waals surface area (Å²) >= 11 is 0. The number of nitrogens with one attached hydrogen (secondary N) is 1. The molecule has 0 unspecified atom stereocenters. The number of hydrogen-bond donors (Lipinski definition) is 1. The number of sulfonamides is 1. The van der Waals surface area contributed by atoms with E-state index in [1.54, 1.807) is 40.4 Å². The molecule has 2 aromatic rings. The first-order valence-corrected chi connectivity index (χ1v) is 11.2. The van der Waals surface area contributed by atoms with Crippen molar-refractivity contribution in [2.24, 2.45) is 0 Å². The highest BCUT2D eigenvalue weighted by Gasteiger charge is 2.34. The SMILES string of the molecule is CCCCN(C1CCN(C(C)=O)CC1)S(=O)(=O)c1ccc2[nH]c(=O)ccc2c1. The van der Waals surface area contributed by atoms with E-state index in [4.69, 9.17) is 0 Å². The number of piperidine rings is 1. The topological polar surface area (TPSA) is 90.6 Å². The Labute approximate surface area is 165 Å². The second kappa shape index (κ2) is 8.45. The lowest BCUT2D eigenvalue weighted by Crippen LogP contribution is -2.48. The average Bonchev–Trinajstić information content (AvgIpc) is 2.68. The van der Waals surface area contributed by atoms with Crippen molar-refractivity contribution in [3.63, 3.8) is 0 Å². The Bertz CT molecular complexity index is 1010. The summed E-state index contributed by atoms with van der Waals surface area (Å²) in [5.74, 6) is 0.0323. The van der Waals surface area contributed by atoms with Crippen molar-refractivity contribution < 1.29 is 13.2 Å². The monoisotopic (exact) mass is 405 g/mol. The lowest BCUT2D eigenvalue weighted by atomic mass is 10.0. The molecular formula is C20H27N3O4S. The molecule has 0 aliphatic carbocycles. The van der Waals surface area contributed by atoms with Gasteiger partial charge in [0.25, 0.3) is 0 Å². The Kier molecular flexibility index (Phi) is 6.20. The molecule has 2 heterocycles. The van der Waals surface area contributed by atoms with Crippen molar-refractivity contribution in [2.45, 2.75) is 50.5 Å². The number of fused-ring (bicyclic) bond motifs is 1. The Morgan fingerprint density at radius 1 is 1.21 bits per heavy atom. The molecule has 1 fully saturated rings. The molecule has 0 bridgehead atoms. The molecule has 1 aromatic heterocycles. The second-order valence-corrected chi connectivity index (χ2v) is 9.17. The summed E-state index contributed by atoms with van der Waals surface area (Å²) in [4.78, 5) is 27.8. The number of unbranched alkanes of at least 4 members (excludes halogenated alkanes) is 1. The number of rotatable bonds is 6. The molecule has 0 atom stereocenters. The molecule has 8 heteroatoms. The predicted octanol–water partition coefficient (Wildman–Crippen LogP) is 2.33. The second-order valence-electron chi connectivity index (χ2n) is 7.28. The number of nitrogens with zero attached hydrogens (tertiary/aromatic N) is 2. The zero-order valence-electron chi connectivity index (χ0n) is 16.3. The van der Waals surface area contributed by atoms with E-state index in [1.165, 1.54) is 6.07 Å². The molecule has 1 aliphatic rings. The molecule has 1 amide bonds. The quantitative estimate of drug-likeness (QED) is 0.799. The average molecular weight is 406 g/mol. The molecule has 1 aliphatic heterocycles. The van der Waals surface area contributed by atoms with Crippen molar-refractivity contribution in [3.05, 3.63) is 40.7 Å². The van der Waals surface area contributed by atoms with Gasteiger partial charge in [0.15, 0.2) is 0 Å². The minimum atomic E-state index is -3.67. The van der Waals surface area contributed by atoms with Crippen LogP contribution in [0.2, 0.25) is 0 Å². The zero-order chi connectivity index (χ0) is 20.3. The minimum Gasteiger partial charge on any atom is -0.343 e. The van der Waals surface area contributed by atoms with E-state index in [-0.39, 0.29) is 22.4 Å². The van der Waals surface area contributed by atoms with Crippen LogP contribution in [-0.4, -0.2) is 54.2 Å². The maximum Gasteiger partial charge on any atom is 0.248 e. The van der Waals surface area contributed by atoms with Gasteiger partial charge >= 0.3 is 0 Å². The lowest BCUT2D eigenvalue weighted by molar-refractivity contribution is -0.130. The summed E-state index contributed by atoms with van der Waals surface area (Å²) < 4.78 is 28.5. The first-order valence-electron chi connectivity index (χ1n) is 9.73. The normalized spacial score (nSPS) is 16.0. The van der Waals surface area contributed by atoms with Crippen molar-refractivity contribution in [1.29, 1.82) is 0 Å². The third kappa shape index (κ3) is 4.28. The van der Waals surface area contributed by atoms with E-state index < -0.39 is 10.0 Å². The van der Waals surface area contributed by atoms with Gasteiger partial charge in [0.2, 0.25) is 21.5 Å². The van der Waals surface area contributed by atoms with E-state index in [0.29, 0.717) is 43.4 Å². The lowest BCUT2D eigenvalue weighted by Gasteiger charge is -2.37. The van der Waals surface area contributed by atoms with Crippen LogP contribution < -0.4 is 5.56 Å². The van der Waals surface area contributed by atoms with Crippen molar-refractivity contribution in [3.8, 4) is 0 Å². The van der Waals surface area contributed by atoms with Crippen LogP contribution in [-0.2, 0) is 14.8 Å². The number of aromatic amines is 1. The molecule has 1 N–H and O–H groups in total. The Balaban J connectivity index is 1.91. The fourth-order valence-corrected chi connectivity index (χ4v) is 5.47. The number of pyridine rings is 1. The van der Waals surface area contributed by atoms with E-state index in [0.717, 1.165) is 12.8 Å². The van der Waals surface area contributed by atoms with E-state index in [9.17, 15) is 18.0 Å². The largest absolute Gasteiger partial charge is 0.343 e. The summed E-state index contributed by atoms with van der Waals surface area (Å²) in [7, 11) is -3.67. The highest BCUT2D eigenvalue weighted by molar-refractivity contribution is 7.89. The third-order valence-electron chi connectivity index (χ3n) is 5.35. The van der Waals surface area contributed by atoms with Crippen molar-refractivity contribution in [2.75, 3.05) is 19.6 Å². The summed E-state index contributed by atoms with van der Waals surface area (Å²) in [6.45, 7) is 5.21. The number of hydrogen-bond acceptors (Lipinski definition) is 4. The van der Waals surface area contributed by atoms with Crippen LogP contribution >= 0.6 is 0 Å². The van der Waals surface area contributed by atoms with Gasteiger partial charge in [-0.15, -0.1) is 0 Å². The van der Waals surface area contributed by atoms with Crippen LogP contribution in [0.4, 0.5) is 0 Å². The first-order chi connectivity index (χ1) is 13.3. The number of H-pyrrole nitrogens is 1. The molecule has 0 radical (unpaired) electrons. The van der Waals surface area contributed by atoms with Gasteiger partial charge in [-0.25, -0.2) is 8.42 Å². The van der Waals surface area contributed by atoms with E-state index in [2.05, 4.69) is 4.98 Å². The fourth-order valence-electron chi connectivity index (χ4n) is 3.71. The molecule has 7 nitrogen and oxygen atoms in total. The van der Waals surface area contributed by atoms with Crippen LogP contribution in [0, 0.1) is 0 Å². The van der Waals surface area contributed by atoms with Crippen LogP contribution in [0.15, 0.2) is 40.0 Å². The maximum atomic E-state index is 13.4. The molecule has 28 heavy (non-hydrogen) atoms. The third-order valence-corrected chi connectivity index (χ3v) is 7.30. The van der Waals surface area contributed by atoms with Crippen LogP contribution in [0.1, 0.15) is 39.5 Å². The van der Waals surface area contributed by atoms with E-state index in [1.807, 2.05) is 6.92 Å². The highest BCUT2D eigenvalue weighted by Crippen LogP contribution is 2.26. The summed E-state index contributed by atoms with van der Waals surface area (Å²) in [5, 5.41) is 0.683. The molecule has 1 saturated heterocycles. The maximum absolute atomic E-state index is 13.4. The van der Waals surface area contributed by atoms with E-state index >= 15 is 0 Å². The summed E-state index contributed by atoms with van der Waals surface area (Å²) in [6, 6.07) is 7.72. The van der Waals surface area contributed by atoms with Gasteiger partial charge in [-0.3, -0.25) is 9.59 Å². The molecule has 152 valence electrons. The number of aromatic nitrogens is 1. The number of carbonyl (C=O) groups excluding carboxylic acids is 1. The van der Waals surface area contributed by atoms with Gasteiger partial charge in [-0.2, -0.15) is 4.31 Å².